The Kier molecular flexibility index (Phi) is 5.31. The maximum atomic E-state index is 15.0. The summed E-state index contributed by atoms with van der Waals surface area (Å²) in [7, 11) is 1.57. The van der Waals surface area contributed by atoms with Crippen LogP contribution in [0.5, 0.6) is 5.75 Å². The zero-order chi connectivity index (χ0) is 19.8. The molecule has 0 unspecified atom stereocenters. The molecule has 1 aromatic carbocycles. The van der Waals surface area contributed by atoms with Crippen molar-refractivity contribution in [2.75, 3.05) is 31.6 Å². The third kappa shape index (κ3) is 4.34. The van der Waals surface area contributed by atoms with Crippen LogP contribution in [0.4, 0.5) is 14.9 Å². The molecule has 0 saturated carbocycles. The van der Waals surface area contributed by atoms with Gasteiger partial charge in [0, 0.05) is 20.1 Å². The highest BCUT2D eigenvalue weighted by Gasteiger charge is 2.30. The van der Waals surface area contributed by atoms with Crippen molar-refractivity contribution < 1.29 is 23.5 Å². The minimum Gasteiger partial charge on any atom is -0.481 e. The molecular formula is C20H27FN2O4. The summed E-state index contributed by atoms with van der Waals surface area (Å²) in [6.07, 6.45) is 1.86. The number of anilines is 1. The summed E-state index contributed by atoms with van der Waals surface area (Å²) < 4.78 is 25.7. The number of likely N-dealkylation sites (N-methyl/N-ethyl adjacent to an activating group) is 1. The number of ether oxygens (including phenoxy) is 2. The van der Waals surface area contributed by atoms with E-state index in [1.54, 1.807) is 24.1 Å². The van der Waals surface area contributed by atoms with Crippen LogP contribution in [0.15, 0.2) is 12.1 Å². The highest BCUT2D eigenvalue weighted by Crippen LogP contribution is 2.37. The SMILES string of the molecule is CN1C(=O)COc2ccc(CC3CCN(C(=O)OC(C)(C)C)CC3)c(F)c21. The van der Waals surface area contributed by atoms with E-state index in [4.69, 9.17) is 9.47 Å². The molecule has 7 heteroatoms. The Labute approximate surface area is 159 Å². The van der Waals surface area contributed by atoms with Crippen LogP contribution < -0.4 is 9.64 Å². The number of rotatable bonds is 2. The summed E-state index contributed by atoms with van der Waals surface area (Å²) >= 11 is 0. The van der Waals surface area contributed by atoms with Crippen molar-refractivity contribution in [3.63, 3.8) is 0 Å². The largest absolute Gasteiger partial charge is 0.481 e. The van der Waals surface area contributed by atoms with E-state index >= 15 is 0 Å². The van der Waals surface area contributed by atoms with E-state index in [2.05, 4.69) is 0 Å². The quantitative estimate of drug-likeness (QED) is 0.792. The van der Waals surface area contributed by atoms with E-state index in [-0.39, 0.29) is 30.2 Å². The van der Waals surface area contributed by atoms with Gasteiger partial charge >= 0.3 is 6.09 Å². The van der Waals surface area contributed by atoms with Crippen molar-refractivity contribution in [1.29, 1.82) is 0 Å². The fourth-order valence-corrected chi connectivity index (χ4v) is 3.49. The molecule has 0 N–H and O–H groups in total. The predicted molar refractivity (Wildman–Crippen MR) is 99.5 cm³/mol. The molecule has 1 saturated heterocycles. The Morgan fingerprint density at radius 2 is 1.96 bits per heavy atom. The molecule has 0 spiro atoms. The van der Waals surface area contributed by atoms with Gasteiger partial charge in [-0.15, -0.1) is 0 Å². The van der Waals surface area contributed by atoms with E-state index in [0.29, 0.717) is 30.8 Å². The number of carbonyl (C=O) groups excluding carboxylic acids is 2. The first-order valence-corrected chi connectivity index (χ1v) is 9.34. The van der Waals surface area contributed by atoms with Gasteiger partial charge in [-0.1, -0.05) is 6.07 Å². The van der Waals surface area contributed by atoms with Gasteiger partial charge in [0.15, 0.2) is 12.4 Å². The van der Waals surface area contributed by atoms with Crippen molar-refractivity contribution in [3.8, 4) is 5.75 Å². The first-order valence-electron chi connectivity index (χ1n) is 9.34. The van der Waals surface area contributed by atoms with Crippen LogP contribution in [0.3, 0.4) is 0 Å². The molecule has 3 rings (SSSR count). The lowest BCUT2D eigenvalue weighted by atomic mass is 9.89. The van der Waals surface area contributed by atoms with E-state index in [0.717, 1.165) is 12.8 Å². The first kappa shape index (κ1) is 19.5. The number of piperidine rings is 1. The average Bonchev–Trinajstić information content (AvgIpc) is 2.59. The van der Waals surface area contributed by atoms with Gasteiger partial charge in [-0.25, -0.2) is 9.18 Å². The number of hydrogen-bond donors (Lipinski definition) is 0. The number of nitrogens with zero attached hydrogens (tertiary/aromatic N) is 2. The fraction of sp³-hybridized carbons (Fsp3) is 0.600. The van der Waals surface area contributed by atoms with E-state index < -0.39 is 11.4 Å². The summed E-state index contributed by atoms with van der Waals surface area (Å²) in [4.78, 5) is 27.0. The van der Waals surface area contributed by atoms with Gasteiger partial charge < -0.3 is 19.3 Å². The topological polar surface area (TPSA) is 59.1 Å². The van der Waals surface area contributed by atoms with Crippen LogP contribution >= 0.6 is 0 Å². The van der Waals surface area contributed by atoms with Gasteiger partial charge in [-0.3, -0.25) is 4.79 Å². The van der Waals surface area contributed by atoms with Crippen LogP contribution in [-0.2, 0) is 16.0 Å². The zero-order valence-electron chi connectivity index (χ0n) is 16.4. The van der Waals surface area contributed by atoms with E-state index in [1.807, 2.05) is 20.8 Å². The van der Waals surface area contributed by atoms with Crippen LogP contribution in [0.25, 0.3) is 0 Å². The van der Waals surface area contributed by atoms with E-state index in [1.165, 1.54) is 4.90 Å². The van der Waals surface area contributed by atoms with Gasteiger partial charge in [0.25, 0.3) is 5.91 Å². The molecule has 0 radical (unpaired) electrons. The maximum Gasteiger partial charge on any atom is 0.410 e. The van der Waals surface area contributed by atoms with Gasteiger partial charge in [-0.05, 0) is 57.6 Å². The van der Waals surface area contributed by atoms with Crippen molar-refractivity contribution in [1.82, 2.24) is 4.90 Å². The van der Waals surface area contributed by atoms with Gasteiger partial charge in [0.05, 0.1) is 0 Å². The molecule has 6 nitrogen and oxygen atoms in total. The molecule has 2 aliphatic rings. The zero-order valence-corrected chi connectivity index (χ0v) is 16.4. The lowest BCUT2D eigenvalue weighted by molar-refractivity contribution is -0.121. The Morgan fingerprint density at radius 1 is 1.30 bits per heavy atom. The maximum absolute atomic E-state index is 15.0. The molecule has 0 bridgehead atoms. The number of amides is 2. The normalized spacial score (nSPS) is 18.2. The standard InChI is InChI=1S/C20H27FN2O4/c1-20(2,3)27-19(25)23-9-7-13(8-10-23)11-14-5-6-15-18(17(14)21)22(4)16(24)12-26-15/h5-6,13H,7-12H2,1-4H3. The van der Waals surface area contributed by atoms with Gasteiger partial charge in [0.1, 0.15) is 17.0 Å². The van der Waals surface area contributed by atoms with Crippen LogP contribution in [0.2, 0.25) is 0 Å². The first-order chi connectivity index (χ1) is 12.7. The molecule has 2 amide bonds. The summed E-state index contributed by atoms with van der Waals surface area (Å²) in [6, 6.07) is 3.46. The summed E-state index contributed by atoms with van der Waals surface area (Å²) in [5.41, 5.74) is 0.288. The second-order valence-electron chi connectivity index (χ2n) is 8.24. The Hall–Kier alpha value is -2.31. The molecule has 27 heavy (non-hydrogen) atoms. The van der Waals surface area contributed by atoms with Gasteiger partial charge in [0.2, 0.25) is 0 Å². The highest BCUT2D eigenvalue weighted by molar-refractivity contribution is 5.97. The molecule has 0 atom stereocenters. The number of hydrogen-bond acceptors (Lipinski definition) is 4. The molecule has 1 fully saturated rings. The number of halogens is 1. The minimum atomic E-state index is -0.508. The highest BCUT2D eigenvalue weighted by atomic mass is 19.1. The molecule has 0 aromatic heterocycles. The lowest BCUT2D eigenvalue weighted by Crippen LogP contribution is -2.42. The molecule has 148 valence electrons. The van der Waals surface area contributed by atoms with Crippen molar-refractivity contribution in [3.05, 3.63) is 23.5 Å². The number of benzene rings is 1. The monoisotopic (exact) mass is 378 g/mol. The second kappa shape index (κ2) is 7.37. The summed E-state index contributed by atoms with van der Waals surface area (Å²) in [5, 5.41) is 0. The van der Waals surface area contributed by atoms with Crippen molar-refractivity contribution >= 4 is 17.7 Å². The predicted octanol–water partition coefficient (Wildman–Crippen LogP) is 3.37. The molecule has 1 aromatic rings. The molecule has 2 aliphatic heterocycles. The third-order valence-corrected chi connectivity index (χ3v) is 4.99. The smallest absolute Gasteiger partial charge is 0.410 e. The molecule has 2 heterocycles. The number of fused-ring (bicyclic) bond motifs is 1. The Morgan fingerprint density at radius 3 is 2.59 bits per heavy atom. The number of carbonyl (C=O) groups is 2. The summed E-state index contributed by atoms with van der Waals surface area (Å²) in [6.45, 7) is 6.69. The van der Waals surface area contributed by atoms with E-state index in [9.17, 15) is 14.0 Å². The lowest BCUT2D eigenvalue weighted by Gasteiger charge is -2.34. The Balaban J connectivity index is 1.63. The second-order valence-corrected chi connectivity index (χ2v) is 8.24. The van der Waals surface area contributed by atoms with Crippen LogP contribution in [0.1, 0.15) is 39.2 Å². The minimum absolute atomic E-state index is 0.0641. The Bertz CT molecular complexity index is 736. The van der Waals surface area contributed by atoms with Crippen molar-refractivity contribution in [2.24, 2.45) is 5.92 Å². The van der Waals surface area contributed by atoms with Crippen LogP contribution in [0, 0.1) is 11.7 Å². The van der Waals surface area contributed by atoms with Gasteiger partial charge in [-0.2, -0.15) is 0 Å². The average molecular weight is 378 g/mol. The summed E-state index contributed by atoms with van der Waals surface area (Å²) in [5.74, 6) is 0.0293. The van der Waals surface area contributed by atoms with Crippen LogP contribution in [-0.4, -0.2) is 49.2 Å². The third-order valence-electron chi connectivity index (χ3n) is 4.99. The number of likely N-dealkylation sites (tertiary alicyclic amines) is 1. The molecular weight excluding hydrogens is 351 g/mol. The fourth-order valence-electron chi connectivity index (χ4n) is 3.49. The molecule has 0 aliphatic carbocycles. The van der Waals surface area contributed by atoms with Crippen molar-refractivity contribution in [2.45, 2.75) is 45.6 Å².